The van der Waals surface area contributed by atoms with Crippen LogP contribution in [0.15, 0.2) is 47.5 Å². The van der Waals surface area contributed by atoms with E-state index in [2.05, 4.69) is 21.0 Å². The Hall–Kier alpha value is -3.22. The lowest BCUT2D eigenvalue weighted by molar-refractivity contribution is 0.0740. The lowest BCUT2D eigenvalue weighted by Gasteiger charge is -2.36. The summed E-state index contributed by atoms with van der Waals surface area (Å²) in [6.45, 7) is 4.76. The summed E-state index contributed by atoms with van der Waals surface area (Å²) in [5.41, 5.74) is 2.50. The van der Waals surface area contributed by atoms with Crippen LogP contribution < -0.4 is 10.5 Å². The van der Waals surface area contributed by atoms with Crippen LogP contribution in [-0.4, -0.2) is 51.8 Å². The summed E-state index contributed by atoms with van der Waals surface area (Å²) in [6.07, 6.45) is 5.60. The van der Waals surface area contributed by atoms with E-state index in [0.29, 0.717) is 29.6 Å². The normalized spacial score (nSPS) is 17.0. The third-order valence-electron chi connectivity index (χ3n) is 5.72. The number of nitrogens with zero attached hydrogens (tertiary/aromatic N) is 5. The number of hydrogen-bond donors (Lipinski definition) is 0. The second-order valence-electron chi connectivity index (χ2n) is 7.87. The number of anilines is 1. The van der Waals surface area contributed by atoms with E-state index in [1.165, 1.54) is 4.68 Å². The average molecular weight is 389 g/mol. The van der Waals surface area contributed by atoms with Crippen LogP contribution in [0.3, 0.4) is 0 Å². The number of carbonyl (C=O) groups is 1. The van der Waals surface area contributed by atoms with E-state index < -0.39 is 0 Å². The Labute approximate surface area is 168 Å². The van der Waals surface area contributed by atoms with Gasteiger partial charge in [0.25, 0.3) is 11.5 Å². The first-order chi connectivity index (χ1) is 14.1. The number of amides is 1. The van der Waals surface area contributed by atoms with Gasteiger partial charge in [-0.15, -0.1) is 0 Å². The van der Waals surface area contributed by atoms with Gasteiger partial charge in [-0.2, -0.15) is 5.10 Å². The maximum Gasteiger partial charge on any atom is 0.275 e. The highest BCUT2D eigenvalue weighted by molar-refractivity contribution is 6.04. The zero-order valence-electron chi connectivity index (χ0n) is 16.4. The fraction of sp³-hybridized carbons (Fsp3) is 0.364. The van der Waals surface area contributed by atoms with Crippen molar-refractivity contribution in [2.24, 2.45) is 0 Å². The maximum absolute atomic E-state index is 13.3. The molecule has 2 aromatic heterocycles. The van der Waals surface area contributed by atoms with Gasteiger partial charge in [-0.05, 0) is 37.5 Å². The van der Waals surface area contributed by atoms with Crippen molar-refractivity contribution in [2.45, 2.75) is 25.8 Å². The standard InChI is InChI=1S/C22H23N5O2/c1-15-12-17(14-23-13-15)25-8-10-26(11-9-25)22(29)20-18-4-2-3-5-19(18)21(28)27(24-20)16-6-7-16/h2-5,12-14,16H,6-11H2,1H3. The predicted molar refractivity (Wildman–Crippen MR) is 111 cm³/mol. The van der Waals surface area contributed by atoms with Crippen molar-refractivity contribution in [1.82, 2.24) is 19.7 Å². The van der Waals surface area contributed by atoms with E-state index in [0.717, 1.165) is 37.2 Å². The number of piperazine rings is 1. The van der Waals surface area contributed by atoms with Crippen molar-refractivity contribution in [2.75, 3.05) is 31.1 Å². The summed E-state index contributed by atoms with van der Waals surface area (Å²) in [7, 11) is 0. The number of benzene rings is 1. The summed E-state index contributed by atoms with van der Waals surface area (Å²) in [5.74, 6) is -0.0994. The molecule has 1 amide bonds. The first-order valence-corrected chi connectivity index (χ1v) is 10.1. The van der Waals surface area contributed by atoms with Gasteiger partial charge in [-0.1, -0.05) is 18.2 Å². The molecule has 0 N–H and O–H groups in total. The number of aryl methyl sites for hydroxylation is 1. The summed E-state index contributed by atoms with van der Waals surface area (Å²) < 4.78 is 1.52. The summed E-state index contributed by atoms with van der Waals surface area (Å²) in [4.78, 5) is 34.5. The molecule has 29 heavy (non-hydrogen) atoms. The van der Waals surface area contributed by atoms with Crippen LogP contribution in [0.25, 0.3) is 10.8 Å². The molecule has 1 aliphatic carbocycles. The van der Waals surface area contributed by atoms with Crippen LogP contribution in [0.1, 0.15) is 34.9 Å². The minimum absolute atomic E-state index is 0.0994. The molecular formula is C22H23N5O2. The molecule has 0 bridgehead atoms. The first kappa shape index (κ1) is 17.8. The molecule has 1 aliphatic heterocycles. The van der Waals surface area contributed by atoms with Gasteiger partial charge in [0, 0.05) is 37.8 Å². The number of fused-ring (bicyclic) bond motifs is 1. The lowest BCUT2D eigenvalue weighted by Crippen LogP contribution is -2.49. The molecule has 3 heterocycles. The molecule has 7 heteroatoms. The highest BCUT2D eigenvalue weighted by atomic mass is 16.2. The fourth-order valence-corrected chi connectivity index (χ4v) is 3.96. The van der Waals surface area contributed by atoms with Crippen LogP contribution in [0.4, 0.5) is 5.69 Å². The Morgan fingerprint density at radius 3 is 2.45 bits per heavy atom. The minimum Gasteiger partial charge on any atom is -0.367 e. The minimum atomic E-state index is -0.101. The third-order valence-corrected chi connectivity index (χ3v) is 5.72. The quantitative estimate of drug-likeness (QED) is 0.688. The number of rotatable bonds is 3. The zero-order chi connectivity index (χ0) is 20.0. The molecule has 7 nitrogen and oxygen atoms in total. The molecule has 1 saturated carbocycles. The second-order valence-corrected chi connectivity index (χ2v) is 7.87. The van der Waals surface area contributed by atoms with Crippen LogP contribution in [0.2, 0.25) is 0 Å². The van der Waals surface area contributed by atoms with Crippen LogP contribution in [-0.2, 0) is 0 Å². The molecule has 148 valence electrons. The Morgan fingerprint density at radius 1 is 1.03 bits per heavy atom. The monoisotopic (exact) mass is 389 g/mol. The van der Waals surface area contributed by atoms with Gasteiger partial charge in [0.15, 0.2) is 5.69 Å². The smallest absolute Gasteiger partial charge is 0.275 e. The molecule has 0 radical (unpaired) electrons. The van der Waals surface area contributed by atoms with Crippen molar-refractivity contribution in [3.63, 3.8) is 0 Å². The number of pyridine rings is 1. The van der Waals surface area contributed by atoms with Crippen molar-refractivity contribution < 1.29 is 4.79 Å². The molecular weight excluding hydrogens is 366 g/mol. The van der Waals surface area contributed by atoms with Gasteiger partial charge >= 0.3 is 0 Å². The highest BCUT2D eigenvalue weighted by Gasteiger charge is 2.30. The topological polar surface area (TPSA) is 71.3 Å². The maximum atomic E-state index is 13.3. The van der Waals surface area contributed by atoms with Crippen molar-refractivity contribution in [1.29, 1.82) is 0 Å². The highest BCUT2D eigenvalue weighted by Crippen LogP contribution is 2.33. The van der Waals surface area contributed by atoms with Crippen LogP contribution in [0, 0.1) is 6.92 Å². The average Bonchev–Trinajstić information content (AvgIpc) is 3.59. The molecule has 1 saturated heterocycles. The van der Waals surface area contributed by atoms with E-state index in [9.17, 15) is 9.59 Å². The lowest BCUT2D eigenvalue weighted by atomic mass is 10.1. The second kappa shape index (κ2) is 6.99. The molecule has 3 aromatic rings. The van der Waals surface area contributed by atoms with Crippen molar-refractivity contribution in [3.05, 3.63) is 64.3 Å². The summed E-state index contributed by atoms with van der Waals surface area (Å²) in [5, 5.41) is 5.73. The Morgan fingerprint density at radius 2 is 1.76 bits per heavy atom. The van der Waals surface area contributed by atoms with Gasteiger partial charge in [-0.25, -0.2) is 4.68 Å². The zero-order valence-corrected chi connectivity index (χ0v) is 16.4. The van der Waals surface area contributed by atoms with E-state index in [1.54, 1.807) is 6.07 Å². The van der Waals surface area contributed by atoms with Gasteiger partial charge in [0.2, 0.25) is 0 Å². The van der Waals surface area contributed by atoms with Gasteiger partial charge in [-0.3, -0.25) is 14.6 Å². The predicted octanol–water partition coefficient (Wildman–Crippen LogP) is 2.40. The van der Waals surface area contributed by atoms with Crippen molar-refractivity contribution in [3.8, 4) is 0 Å². The van der Waals surface area contributed by atoms with Gasteiger partial charge < -0.3 is 9.80 Å². The molecule has 0 unspecified atom stereocenters. The third kappa shape index (κ3) is 3.26. The fourth-order valence-electron chi connectivity index (χ4n) is 3.96. The van der Waals surface area contributed by atoms with E-state index in [4.69, 9.17) is 0 Å². The molecule has 1 aromatic carbocycles. The molecule has 0 atom stereocenters. The Kier molecular flexibility index (Phi) is 4.30. The molecule has 5 rings (SSSR count). The summed E-state index contributed by atoms with van der Waals surface area (Å²) in [6, 6.07) is 9.55. The van der Waals surface area contributed by atoms with Crippen LogP contribution in [0.5, 0.6) is 0 Å². The SMILES string of the molecule is Cc1cncc(N2CCN(C(=O)c3nn(C4CC4)c(=O)c4ccccc34)CC2)c1. The van der Waals surface area contributed by atoms with Crippen LogP contribution >= 0.6 is 0 Å². The van der Waals surface area contributed by atoms with Gasteiger partial charge in [0.05, 0.1) is 23.3 Å². The van der Waals surface area contributed by atoms with Gasteiger partial charge in [0.1, 0.15) is 0 Å². The number of aromatic nitrogens is 3. The van der Waals surface area contributed by atoms with E-state index >= 15 is 0 Å². The first-order valence-electron chi connectivity index (χ1n) is 10.1. The number of carbonyl (C=O) groups excluding carboxylic acids is 1. The summed E-state index contributed by atoms with van der Waals surface area (Å²) >= 11 is 0. The molecule has 2 fully saturated rings. The Bertz CT molecular complexity index is 1140. The molecule has 0 spiro atoms. The van der Waals surface area contributed by atoms with Crippen molar-refractivity contribution >= 4 is 22.4 Å². The Balaban J connectivity index is 1.42. The van der Waals surface area contributed by atoms with E-state index in [1.807, 2.05) is 42.4 Å². The van der Waals surface area contributed by atoms with E-state index in [-0.39, 0.29) is 17.5 Å². The largest absolute Gasteiger partial charge is 0.367 e. The number of hydrogen-bond acceptors (Lipinski definition) is 5. The molecule has 2 aliphatic rings.